The van der Waals surface area contributed by atoms with Crippen molar-refractivity contribution in [3.63, 3.8) is 0 Å². The molecule has 0 rings (SSSR count). The van der Waals surface area contributed by atoms with Crippen molar-refractivity contribution >= 4 is 47.4 Å². The average Bonchev–Trinajstić information content (AvgIpc) is 3.23. The molecule has 0 aromatic carbocycles. The van der Waals surface area contributed by atoms with Crippen LogP contribution < -0.4 is 54.0 Å². The number of likely N-dealkylation sites (N-methyl/N-ethyl adjacent to an activating group) is 1. The number of hydrogen-bond acceptors (Lipinski definition) is 10. The quantitative estimate of drug-likeness (QED) is 0.0228. The summed E-state index contributed by atoms with van der Waals surface area (Å²) >= 11 is 0. The third-order valence-corrected chi connectivity index (χ3v) is 10.4. The van der Waals surface area contributed by atoms with E-state index >= 15 is 0 Å². The number of carbonyl (C=O) groups excluding carboxylic acids is 6. The molecule has 0 aliphatic rings. The molecule has 0 spiro atoms. The largest absolute Gasteiger partial charge is 0.394 e. The van der Waals surface area contributed by atoms with Gasteiger partial charge in [-0.3, -0.25) is 39.6 Å². The van der Waals surface area contributed by atoms with E-state index in [1.165, 1.54) is 64.8 Å². The van der Waals surface area contributed by atoms with E-state index in [-0.39, 0.29) is 56.6 Å². The number of rotatable bonds is 36. The number of aliphatic hydroxyl groups is 2. The Morgan fingerprint density at radius 2 is 0.918 bits per heavy atom. The molecular formula is C41H80N12O8. The lowest BCUT2D eigenvalue weighted by molar-refractivity contribution is -0.136. The summed E-state index contributed by atoms with van der Waals surface area (Å²) in [7, 11) is 1.33. The van der Waals surface area contributed by atoms with E-state index in [4.69, 9.17) is 22.3 Å². The van der Waals surface area contributed by atoms with E-state index in [1.54, 1.807) is 13.8 Å². The number of nitrogens with two attached hydrogens (primary N) is 2. The van der Waals surface area contributed by atoms with Crippen LogP contribution in [0.15, 0.2) is 0 Å². The minimum absolute atomic E-state index is 0.0225. The summed E-state index contributed by atoms with van der Waals surface area (Å²) in [5.41, 5.74) is 10.7. The van der Waals surface area contributed by atoms with Crippen LogP contribution in [0.25, 0.3) is 0 Å². The van der Waals surface area contributed by atoms with E-state index in [0.29, 0.717) is 19.3 Å². The fraction of sp³-hybridized carbons (Fsp3) is 0.805. The zero-order chi connectivity index (χ0) is 46.0. The van der Waals surface area contributed by atoms with Crippen molar-refractivity contribution in [2.45, 2.75) is 173 Å². The molecule has 16 N–H and O–H groups in total. The average molecular weight is 869 g/mol. The second-order valence-corrected chi connectivity index (χ2v) is 15.6. The van der Waals surface area contributed by atoms with Crippen LogP contribution in [-0.2, 0) is 28.8 Å². The van der Waals surface area contributed by atoms with Gasteiger partial charge >= 0.3 is 0 Å². The zero-order valence-electron chi connectivity index (χ0n) is 37.2. The summed E-state index contributed by atoms with van der Waals surface area (Å²) in [6.45, 7) is 4.58. The molecule has 20 heteroatoms. The van der Waals surface area contributed by atoms with Gasteiger partial charge in [-0.2, -0.15) is 0 Å². The Bertz CT molecular complexity index is 1320. The molecule has 61 heavy (non-hydrogen) atoms. The highest BCUT2D eigenvalue weighted by Crippen LogP contribution is 2.14. The predicted molar refractivity (Wildman–Crippen MR) is 236 cm³/mol. The summed E-state index contributed by atoms with van der Waals surface area (Å²) < 4.78 is 0. The fourth-order valence-corrected chi connectivity index (χ4v) is 6.49. The fourth-order valence-electron chi connectivity index (χ4n) is 6.49. The molecule has 0 aliphatic heterocycles. The van der Waals surface area contributed by atoms with E-state index < -0.39 is 78.9 Å². The van der Waals surface area contributed by atoms with Crippen molar-refractivity contribution in [1.82, 2.24) is 42.5 Å². The van der Waals surface area contributed by atoms with Crippen LogP contribution in [0.2, 0.25) is 0 Å². The van der Waals surface area contributed by atoms with Gasteiger partial charge in [-0.15, -0.1) is 0 Å². The molecule has 0 aromatic rings. The van der Waals surface area contributed by atoms with Gasteiger partial charge < -0.3 is 64.2 Å². The molecular weight excluding hydrogens is 789 g/mol. The molecule has 0 aliphatic carbocycles. The van der Waals surface area contributed by atoms with Crippen molar-refractivity contribution in [3.05, 3.63) is 0 Å². The summed E-state index contributed by atoms with van der Waals surface area (Å²) in [6, 6.07) is -6.37. The Hall–Kier alpha value is -4.72. The first-order valence-electron chi connectivity index (χ1n) is 22.2. The maximum Gasteiger partial charge on any atom is 0.245 e. The van der Waals surface area contributed by atoms with Crippen LogP contribution in [0.1, 0.15) is 143 Å². The molecule has 0 fully saturated rings. The zero-order valence-corrected chi connectivity index (χ0v) is 37.2. The lowest BCUT2D eigenvalue weighted by atomic mass is 9.97. The first kappa shape index (κ1) is 56.3. The Labute approximate surface area is 362 Å². The number of hydrogen-bond donors (Lipinski definition) is 14. The molecule has 352 valence electrons. The van der Waals surface area contributed by atoms with E-state index in [1.807, 2.05) is 0 Å². The molecule has 0 bridgehead atoms. The number of guanidine groups is 2. The standard InChI is InChI=1S/C41H80N12O8/c1-5-7-8-9-10-11-12-13-14-15-16-17-18-23-33(56)49-29(21-19-24-47-40(42)43)36(58)52-32(27-55)38(60)53-34(28(3)6-2)39(61)50-30(22-20-25-48-41(44)45)37(59)51-31(26-54)35(57)46-4/h28-32,34,54-55H,5-27H2,1-4H3,(H,46,57)(H,49,56)(H,50,61)(H,51,59)(H,52,58)(H,53,60)(H4,42,43,47)(H4,44,45,48)/t28-,29-,30-,31-,32-,34-/m1/s1. The normalized spacial score (nSPS) is 13.9. The van der Waals surface area contributed by atoms with E-state index in [0.717, 1.165) is 19.3 Å². The minimum Gasteiger partial charge on any atom is -0.394 e. The van der Waals surface area contributed by atoms with Gasteiger partial charge in [0.25, 0.3) is 0 Å². The molecule has 0 radical (unpaired) electrons. The summed E-state index contributed by atoms with van der Waals surface area (Å²) in [4.78, 5) is 79.3. The van der Waals surface area contributed by atoms with Crippen molar-refractivity contribution in [2.24, 2.45) is 17.4 Å². The van der Waals surface area contributed by atoms with Gasteiger partial charge in [0.15, 0.2) is 11.9 Å². The van der Waals surface area contributed by atoms with Crippen molar-refractivity contribution in [3.8, 4) is 0 Å². The number of unbranched alkanes of at least 4 members (excludes halogenated alkanes) is 12. The van der Waals surface area contributed by atoms with Crippen LogP contribution in [0.3, 0.4) is 0 Å². The van der Waals surface area contributed by atoms with Crippen molar-refractivity contribution < 1.29 is 39.0 Å². The highest BCUT2D eigenvalue weighted by molar-refractivity contribution is 5.96. The number of nitrogens with one attached hydrogen (secondary N) is 10. The van der Waals surface area contributed by atoms with Gasteiger partial charge in [-0.05, 0) is 38.0 Å². The van der Waals surface area contributed by atoms with Gasteiger partial charge in [0.05, 0.1) is 13.2 Å². The first-order chi connectivity index (χ1) is 29.1. The van der Waals surface area contributed by atoms with Crippen LogP contribution in [0.4, 0.5) is 0 Å². The van der Waals surface area contributed by atoms with Gasteiger partial charge in [-0.25, -0.2) is 0 Å². The van der Waals surface area contributed by atoms with Crippen LogP contribution in [0.5, 0.6) is 0 Å². The Morgan fingerprint density at radius 1 is 0.525 bits per heavy atom. The Kier molecular flexibility index (Phi) is 32.2. The molecule has 6 atom stereocenters. The van der Waals surface area contributed by atoms with Gasteiger partial charge in [0, 0.05) is 26.6 Å². The van der Waals surface area contributed by atoms with Crippen molar-refractivity contribution in [1.29, 1.82) is 10.8 Å². The highest BCUT2D eigenvalue weighted by Gasteiger charge is 2.34. The second kappa shape index (κ2) is 34.9. The van der Waals surface area contributed by atoms with Gasteiger partial charge in [0.2, 0.25) is 35.4 Å². The number of amides is 6. The van der Waals surface area contributed by atoms with Crippen molar-refractivity contribution in [2.75, 3.05) is 33.4 Å². The molecule has 20 nitrogen and oxygen atoms in total. The molecule has 0 saturated carbocycles. The lowest BCUT2D eigenvalue weighted by Crippen LogP contribution is -2.61. The summed E-state index contributed by atoms with van der Waals surface area (Å²) in [5.74, 6) is -5.20. The maximum absolute atomic E-state index is 13.7. The summed E-state index contributed by atoms with van der Waals surface area (Å²) in [6.07, 6.45) is 16.5. The molecule has 0 heterocycles. The highest BCUT2D eigenvalue weighted by atomic mass is 16.3. The van der Waals surface area contributed by atoms with E-state index in [9.17, 15) is 39.0 Å². The topological polar surface area (TPSA) is 339 Å². The van der Waals surface area contributed by atoms with Crippen LogP contribution in [-0.4, -0.2) is 121 Å². The van der Waals surface area contributed by atoms with Crippen LogP contribution in [0, 0.1) is 16.7 Å². The van der Waals surface area contributed by atoms with Gasteiger partial charge in [0.1, 0.15) is 30.2 Å². The Morgan fingerprint density at radius 3 is 1.33 bits per heavy atom. The smallest absolute Gasteiger partial charge is 0.245 e. The first-order valence-corrected chi connectivity index (χ1v) is 22.2. The predicted octanol–water partition coefficient (Wildman–Crippen LogP) is 0.195. The number of aliphatic hydroxyl groups excluding tert-OH is 2. The molecule has 0 saturated heterocycles. The SMILES string of the molecule is CCCCCCCCCCCCCCCC(=O)N[C@H](CCCNC(=N)N)C(=O)N[C@H](CO)C(=O)N[C@@H](C(=O)N[C@H](CCCNC(=N)N)C(=O)N[C@H](CO)C(=O)NC)[C@H](C)CC. The summed E-state index contributed by atoms with van der Waals surface area (Å²) in [5, 5.41) is 55.1. The third kappa shape index (κ3) is 27.0. The molecule has 0 aromatic heterocycles. The van der Waals surface area contributed by atoms with Gasteiger partial charge in [-0.1, -0.05) is 104 Å². The minimum atomic E-state index is -1.52. The third-order valence-electron chi connectivity index (χ3n) is 10.4. The number of carbonyl (C=O) groups is 6. The Balaban J connectivity index is 5.61. The second-order valence-electron chi connectivity index (χ2n) is 15.6. The van der Waals surface area contributed by atoms with Crippen LogP contribution >= 0.6 is 0 Å². The monoisotopic (exact) mass is 869 g/mol. The maximum atomic E-state index is 13.7. The van der Waals surface area contributed by atoms with E-state index in [2.05, 4.69) is 49.5 Å². The molecule has 0 unspecified atom stereocenters. The molecule has 6 amide bonds. The lowest BCUT2D eigenvalue weighted by Gasteiger charge is -2.29.